The van der Waals surface area contributed by atoms with Crippen LogP contribution in [0.5, 0.6) is 0 Å². The number of amides is 1. The van der Waals surface area contributed by atoms with Gasteiger partial charge in [-0.05, 0) is 56.3 Å². The SMILES string of the molecule is CC(Cc1ccc(Br)cc1)NC(=O)CNCC1CC1. The lowest BCUT2D eigenvalue weighted by molar-refractivity contribution is -0.120. The van der Waals surface area contributed by atoms with Crippen LogP contribution in [-0.4, -0.2) is 25.0 Å². The van der Waals surface area contributed by atoms with Gasteiger partial charge in [0.2, 0.25) is 5.91 Å². The molecule has 1 aliphatic rings. The average Bonchev–Trinajstić information content (AvgIpc) is 3.16. The fourth-order valence-corrected chi connectivity index (χ4v) is 2.33. The van der Waals surface area contributed by atoms with Crippen molar-refractivity contribution in [3.8, 4) is 0 Å². The highest BCUT2D eigenvalue weighted by atomic mass is 79.9. The predicted molar refractivity (Wildman–Crippen MR) is 81.0 cm³/mol. The largest absolute Gasteiger partial charge is 0.352 e. The molecule has 1 aromatic carbocycles. The van der Waals surface area contributed by atoms with E-state index in [0.29, 0.717) is 6.54 Å². The molecule has 0 aliphatic heterocycles. The van der Waals surface area contributed by atoms with Gasteiger partial charge in [-0.15, -0.1) is 0 Å². The first-order valence-corrected chi connectivity index (χ1v) is 7.67. The Hall–Kier alpha value is -0.870. The fourth-order valence-electron chi connectivity index (χ4n) is 2.06. The normalized spacial score (nSPS) is 16.1. The van der Waals surface area contributed by atoms with E-state index in [0.717, 1.165) is 23.4 Å². The molecule has 0 aromatic heterocycles. The molecule has 4 heteroatoms. The third kappa shape index (κ3) is 5.74. The molecule has 1 amide bonds. The zero-order chi connectivity index (χ0) is 13.7. The maximum Gasteiger partial charge on any atom is 0.234 e. The van der Waals surface area contributed by atoms with Crippen molar-refractivity contribution in [3.05, 3.63) is 34.3 Å². The molecule has 2 N–H and O–H groups in total. The second-order valence-electron chi connectivity index (χ2n) is 5.37. The molecule has 3 nitrogen and oxygen atoms in total. The van der Waals surface area contributed by atoms with E-state index in [9.17, 15) is 4.79 Å². The lowest BCUT2D eigenvalue weighted by Gasteiger charge is -2.14. The van der Waals surface area contributed by atoms with Crippen molar-refractivity contribution in [1.82, 2.24) is 10.6 Å². The van der Waals surface area contributed by atoms with Crippen LogP contribution in [0.4, 0.5) is 0 Å². The Morgan fingerprint density at radius 1 is 1.37 bits per heavy atom. The molecule has 0 bridgehead atoms. The van der Waals surface area contributed by atoms with Gasteiger partial charge < -0.3 is 10.6 Å². The van der Waals surface area contributed by atoms with Crippen LogP contribution in [0.3, 0.4) is 0 Å². The summed E-state index contributed by atoms with van der Waals surface area (Å²) in [4.78, 5) is 11.7. The van der Waals surface area contributed by atoms with Crippen molar-refractivity contribution in [2.24, 2.45) is 5.92 Å². The summed E-state index contributed by atoms with van der Waals surface area (Å²) < 4.78 is 1.08. The summed E-state index contributed by atoms with van der Waals surface area (Å²) in [5, 5.41) is 6.23. The molecule has 19 heavy (non-hydrogen) atoms. The molecule has 1 aliphatic carbocycles. The van der Waals surface area contributed by atoms with Crippen molar-refractivity contribution in [1.29, 1.82) is 0 Å². The van der Waals surface area contributed by atoms with Crippen LogP contribution in [0.15, 0.2) is 28.7 Å². The monoisotopic (exact) mass is 324 g/mol. The molecule has 0 spiro atoms. The molecular weight excluding hydrogens is 304 g/mol. The van der Waals surface area contributed by atoms with Crippen molar-refractivity contribution >= 4 is 21.8 Å². The number of nitrogens with one attached hydrogen (secondary N) is 2. The van der Waals surface area contributed by atoms with Crippen LogP contribution >= 0.6 is 15.9 Å². The van der Waals surface area contributed by atoms with E-state index < -0.39 is 0 Å². The van der Waals surface area contributed by atoms with Gasteiger partial charge in [-0.3, -0.25) is 4.79 Å². The Morgan fingerprint density at radius 2 is 2.05 bits per heavy atom. The molecule has 1 atom stereocenters. The first-order chi connectivity index (χ1) is 9.13. The number of carbonyl (C=O) groups excluding carboxylic acids is 1. The van der Waals surface area contributed by atoms with Gasteiger partial charge in [-0.2, -0.15) is 0 Å². The Balaban J connectivity index is 1.65. The van der Waals surface area contributed by atoms with Gasteiger partial charge >= 0.3 is 0 Å². The van der Waals surface area contributed by atoms with Gasteiger partial charge in [0.1, 0.15) is 0 Å². The number of carbonyl (C=O) groups is 1. The fraction of sp³-hybridized carbons (Fsp3) is 0.533. The quantitative estimate of drug-likeness (QED) is 0.809. The van der Waals surface area contributed by atoms with Crippen molar-refractivity contribution in [3.63, 3.8) is 0 Å². The van der Waals surface area contributed by atoms with Crippen LogP contribution in [0.25, 0.3) is 0 Å². The van der Waals surface area contributed by atoms with Crippen LogP contribution in [0.2, 0.25) is 0 Å². The maximum atomic E-state index is 11.7. The minimum atomic E-state index is 0.0882. The molecule has 1 fully saturated rings. The van der Waals surface area contributed by atoms with Gasteiger partial charge in [0.15, 0.2) is 0 Å². The number of halogens is 1. The minimum Gasteiger partial charge on any atom is -0.352 e. The zero-order valence-electron chi connectivity index (χ0n) is 11.3. The lowest BCUT2D eigenvalue weighted by atomic mass is 10.1. The Bertz CT molecular complexity index is 415. The van der Waals surface area contributed by atoms with E-state index in [1.165, 1.54) is 18.4 Å². The summed E-state index contributed by atoms with van der Waals surface area (Å²) in [7, 11) is 0. The van der Waals surface area contributed by atoms with Gasteiger partial charge in [0, 0.05) is 10.5 Å². The van der Waals surface area contributed by atoms with Crippen molar-refractivity contribution in [2.75, 3.05) is 13.1 Å². The van der Waals surface area contributed by atoms with E-state index in [1.54, 1.807) is 0 Å². The molecule has 0 radical (unpaired) electrons. The highest BCUT2D eigenvalue weighted by Gasteiger charge is 2.20. The van der Waals surface area contributed by atoms with Gasteiger partial charge in [-0.1, -0.05) is 28.1 Å². The predicted octanol–water partition coefficient (Wildman–Crippen LogP) is 2.50. The molecule has 0 heterocycles. The van der Waals surface area contributed by atoms with Crippen LogP contribution in [-0.2, 0) is 11.2 Å². The maximum absolute atomic E-state index is 11.7. The summed E-state index contributed by atoms with van der Waals surface area (Å²) >= 11 is 3.42. The average molecular weight is 325 g/mol. The number of hydrogen-bond donors (Lipinski definition) is 2. The van der Waals surface area contributed by atoms with Gasteiger partial charge in [-0.25, -0.2) is 0 Å². The van der Waals surface area contributed by atoms with E-state index in [1.807, 2.05) is 19.1 Å². The third-order valence-electron chi connectivity index (χ3n) is 3.28. The topological polar surface area (TPSA) is 41.1 Å². The van der Waals surface area contributed by atoms with Gasteiger partial charge in [0.05, 0.1) is 6.54 Å². The minimum absolute atomic E-state index is 0.0882. The Labute approximate surface area is 123 Å². The van der Waals surface area contributed by atoms with Crippen molar-refractivity contribution < 1.29 is 4.79 Å². The highest BCUT2D eigenvalue weighted by Crippen LogP contribution is 2.27. The molecular formula is C15H21BrN2O. The van der Waals surface area contributed by atoms with Crippen LogP contribution in [0.1, 0.15) is 25.3 Å². The van der Waals surface area contributed by atoms with Crippen molar-refractivity contribution in [2.45, 2.75) is 32.2 Å². The van der Waals surface area contributed by atoms with E-state index in [2.05, 4.69) is 38.7 Å². The molecule has 1 unspecified atom stereocenters. The van der Waals surface area contributed by atoms with E-state index in [4.69, 9.17) is 0 Å². The molecule has 104 valence electrons. The standard InChI is InChI=1S/C15H21BrN2O/c1-11(8-12-4-6-14(16)7-5-12)18-15(19)10-17-9-13-2-3-13/h4-7,11,13,17H,2-3,8-10H2,1H3,(H,18,19). The van der Waals surface area contributed by atoms with Crippen LogP contribution in [0, 0.1) is 5.92 Å². The lowest BCUT2D eigenvalue weighted by Crippen LogP contribution is -2.40. The smallest absolute Gasteiger partial charge is 0.234 e. The molecule has 1 aromatic rings. The zero-order valence-corrected chi connectivity index (χ0v) is 12.9. The molecule has 1 saturated carbocycles. The van der Waals surface area contributed by atoms with Crippen LogP contribution < -0.4 is 10.6 Å². The summed E-state index contributed by atoms with van der Waals surface area (Å²) in [5.74, 6) is 0.901. The Morgan fingerprint density at radius 3 is 2.68 bits per heavy atom. The second kappa shape index (κ2) is 7.06. The second-order valence-corrected chi connectivity index (χ2v) is 6.29. The first kappa shape index (κ1) is 14.5. The highest BCUT2D eigenvalue weighted by molar-refractivity contribution is 9.10. The number of hydrogen-bond acceptors (Lipinski definition) is 2. The summed E-state index contributed by atoms with van der Waals surface area (Å²) in [6.07, 6.45) is 3.49. The molecule has 2 rings (SSSR count). The van der Waals surface area contributed by atoms with E-state index in [-0.39, 0.29) is 11.9 Å². The third-order valence-corrected chi connectivity index (χ3v) is 3.81. The summed E-state index contributed by atoms with van der Waals surface area (Å²) in [6.45, 7) is 3.45. The summed E-state index contributed by atoms with van der Waals surface area (Å²) in [6, 6.07) is 8.38. The molecule has 0 saturated heterocycles. The van der Waals surface area contributed by atoms with Gasteiger partial charge in [0.25, 0.3) is 0 Å². The van der Waals surface area contributed by atoms with E-state index >= 15 is 0 Å². The Kier molecular flexibility index (Phi) is 5.40. The first-order valence-electron chi connectivity index (χ1n) is 6.88. The number of benzene rings is 1. The number of rotatable bonds is 7. The summed E-state index contributed by atoms with van der Waals surface area (Å²) in [5.41, 5.74) is 1.24.